The fourth-order valence-corrected chi connectivity index (χ4v) is 1.66. The fourth-order valence-electron chi connectivity index (χ4n) is 1.66. The Bertz CT molecular complexity index is 692. The molecule has 0 saturated carbocycles. The minimum absolute atomic E-state index is 0.0892. The molecule has 5 heteroatoms. The highest BCUT2D eigenvalue weighted by Crippen LogP contribution is 2.30. The van der Waals surface area contributed by atoms with E-state index in [9.17, 15) is 9.18 Å². The van der Waals surface area contributed by atoms with Gasteiger partial charge in [0.25, 0.3) is 0 Å². The van der Waals surface area contributed by atoms with Crippen molar-refractivity contribution in [1.29, 1.82) is 5.26 Å². The Hall–Kier alpha value is -2.87. The molecule has 4 nitrogen and oxygen atoms in total. The molecule has 0 bridgehead atoms. The lowest BCUT2D eigenvalue weighted by atomic mass is 10.2. The molecule has 0 saturated heterocycles. The monoisotopic (exact) mass is 271 g/mol. The van der Waals surface area contributed by atoms with E-state index in [4.69, 9.17) is 14.7 Å². The van der Waals surface area contributed by atoms with Crippen molar-refractivity contribution < 1.29 is 18.7 Å². The average molecular weight is 271 g/mol. The standard InChI is InChI=1S/C15H10FNO3/c1-19-12-5-10(8-17)6-13(7-12)20-15-11(9-18)3-2-4-14(15)16/h2-7,9H,1H3. The van der Waals surface area contributed by atoms with Gasteiger partial charge in [-0.05, 0) is 24.3 Å². The number of hydrogen-bond donors (Lipinski definition) is 0. The summed E-state index contributed by atoms with van der Waals surface area (Å²) in [6, 6.07) is 10.5. The Morgan fingerprint density at radius 2 is 2.00 bits per heavy atom. The van der Waals surface area contributed by atoms with Crippen LogP contribution in [0.15, 0.2) is 36.4 Å². The van der Waals surface area contributed by atoms with E-state index in [-0.39, 0.29) is 17.1 Å². The van der Waals surface area contributed by atoms with E-state index >= 15 is 0 Å². The Balaban J connectivity index is 2.45. The van der Waals surface area contributed by atoms with Gasteiger partial charge in [0, 0.05) is 6.07 Å². The van der Waals surface area contributed by atoms with Gasteiger partial charge < -0.3 is 9.47 Å². The van der Waals surface area contributed by atoms with Crippen LogP contribution in [0.5, 0.6) is 17.2 Å². The van der Waals surface area contributed by atoms with Crippen LogP contribution in [-0.2, 0) is 0 Å². The number of hydrogen-bond acceptors (Lipinski definition) is 4. The highest BCUT2D eigenvalue weighted by atomic mass is 19.1. The first-order valence-electron chi connectivity index (χ1n) is 5.68. The molecule has 0 unspecified atom stereocenters. The Labute approximate surface area is 115 Å². The zero-order valence-corrected chi connectivity index (χ0v) is 10.6. The van der Waals surface area contributed by atoms with E-state index in [1.54, 1.807) is 0 Å². The molecular weight excluding hydrogens is 261 g/mol. The molecule has 0 aliphatic carbocycles. The van der Waals surface area contributed by atoms with Crippen molar-refractivity contribution in [3.05, 3.63) is 53.3 Å². The third kappa shape index (κ3) is 2.75. The molecular formula is C15H10FNO3. The largest absolute Gasteiger partial charge is 0.497 e. The number of para-hydroxylation sites is 1. The Morgan fingerprint density at radius 1 is 1.25 bits per heavy atom. The van der Waals surface area contributed by atoms with Gasteiger partial charge in [0.05, 0.1) is 24.3 Å². The smallest absolute Gasteiger partial charge is 0.173 e. The molecule has 0 spiro atoms. The van der Waals surface area contributed by atoms with Crippen molar-refractivity contribution in [1.82, 2.24) is 0 Å². The van der Waals surface area contributed by atoms with Crippen molar-refractivity contribution in [2.75, 3.05) is 7.11 Å². The molecule has 0 N–H and O–H groups in total. The molecule has 0 heterocycles. The van der Waals surface area contributed by atoms with Crippen LogP contribution in [0.3, 0.4) is 0 Å². The number of nitrogens with zero attached hydrogens (tertiary/aromatic N) is 1. The number of carbonyl (C=O) groups excluding carboxylic acids is 1. The maximum Gasteiger partial charge on any atom is 0.173 e. The number of nitriles is 1. The highest BCUT2D eigenvalue weighted by Gasteiger charge is 2.11. The van der Waals surface area contributed by atoms with Crippen molar-refractivity contribution in [3.8, 4) is 23.3 Å². The minimum atomic E-state index is -0.657. The maximum absolute atomic E-state index is 13.7. The first-order chi connectivity index (χ1) is 9.67. The van der Waals surface area contributed by atoms with E-state index in [2.05, 4.69) is 0 Å². The van der Waals surface area contributed by atoms with Gasteiger partial charge >= 0.3 is 0 Å². The molecule has 0 fully saturated rings. The van der Waals surface area contributed by atoms with Gasteiger partial charge in [-0.1, -0.05) is 6.07 Å². The molecule has 0 aromatic heterocycles. The van der Waals surface area contributed by atoms with Gasteiger partial charge in [-0.2, -0.15) is 5.26 Å². The SMILES string of the molecule is COc1cc(C#N)cc(Oc2c(F)cccc2C=O)c1. The molecule has 100 valence electrons. The second-order valence-electron chi connectivity index (χ2n) is 3.89. The number of methoxy groups -OCH3 is 1. The average Bonchev–Trinajstić information content (AvgIpc) is 2.48. The summed E-state index contributed by atoms with van der Waals surface area (Å²) in [4.78, 5) is 10.9. The van der Waals surface area contributed by atoms with E-state index in [1.807, 2.05) is 6.07 Å². The fraction of sp³-hybridized carbons (Fsp3) is 0.0667. The summed E-state index contributed by atoms with van der Waals surface area (Å²) >= 11 is 0. The predicted octanol–water partition coefficient (Wildman–Crippen LogP) is 3.31. The molecule has 0 amide bonds. The van der Waals surface area contributed by atoms with Gasteiger partial charge in [0.1, 0.15) is 11.5 Å². The van der Waals surface area contributed by atoms with Crippen molar-refractivity contribution in [2.45, 2.75) is 0 Å². The minimum Gasteiger partial charge on any atom is -0.497 e. The summed E-state index contributed by atoms with van der Waals surface area (Å²) in [7, 11) is 1.44. The number of aldehydes is 1. The zero-order valence-electron chi connectivity index (χ0n) is 10.6. The van der Waals surface area contributed by atoms with E-state index in [0.717, 1.165) is 0 Å². The maximum atomic E-state index is 13.7. The van der Waals surface area contributed by atoms with Gasteiger partial charge in [0.2, 0.25) is 0 Å². The quantitative estimate of drug-likeness (QED) is 0.800. The van der Waals surface area contributed by atoms with Crippen LogP contribution >= 0.6 is 0 Å². The molecule has 0 radical (unpaired) electrons. The second kappa shape index (κ2) is 5.85. The summed E-state index contributed by atoms with van der Waals surface area (Å²) < 4.78 is 24.1. The number of rotatable bonds is 4. The molecule has 2 rings (SSSR count). The normalized spacial score (nSPS) is 9.65. The summed E-state index contributed by atoms with van der Waals surface area (Å²) in [5.41, 5.74) is 0.398. The second-order valence-corrected chi connectivity index (χ2v) is 3.89. The van der Waals surface area contributed by atoms with Crippen LogP contribution in [0.1, 0.15) is 15.9 Å². The molecule has 0 atom stereocenters. The predicted molar refractivity (Wildman–Crippen MR) is 69.6 cm³/mol. The lowest BCUT2D eigenvalue weighted by Crippen LogP contribution is -1.95. The highest BCUT2D eigenvalue weighted by molar-refractivity contribution is 5.79. The van der Waals surface area contributed by atoms with Gasteiger partial charge in [-0.25, -0.2) is 4.39 Å². The summed E-state index contributed by atoms with van der Waals surface area (Å²) in [6.45, 7) is 0. The summed E-state index contributed by atoms with van der Waals surface area (Å²) in [5.74, 6) is -0.215. The molecule has 0 aliphatic heterocycles. The van der Waals surface area contributed by atoms with Crippen LogP contribution in [0.4, 0.5) is 4.39 Å². The van der Waals surface area contributed by atoms with Crippen LogP contribution in [0.25, 0.3) is 0 Å². The molecule has 2 aromatic rings. The molecule has 20 heavy (non-hydrogen) atoms. The lowest BCUT2D eigenvalue weighted by Gasteiger charge is -2.10. The Kier molecular flexibility index (Phi) is 3.96. The Morgan fingerprint density at radius 3 is 2.65 bits per heavy atom. The molecule has 2 aromatic carbocycles. The lowest BCUT2D eigenvalue weighted by molar-refractivity contribution is 0.112. The number of halogens is 1. The number of ether oxygens (including phenoxy) is 2. The third-order valence-corrected chi connectivity index (χ3v) is 2.59. The number of carbonyl (C=O) groups is 1. The van der Waals surface area contributed by atoms with Gasteiger partial charge in [0.15, 0.2) is 17.9 Å². The van der Waals surface area contributed by atoms with Gasteiger partial charge in [-0.15, -0.1) is 0 Å². The first-order valence-corrected chi connectivity index (χ1v) is 5.68. The van der Waals surface area contributed by atoms with Crippen LogP contribution in [0.2, 0.25) is 0 Å². The first kappa shape index (κ1) is 13.6. The van der Waals surface area contributed by atoms with E-state index < -0.39 is 5.82 Å². The van der Waals surface area contributed by atoms with Crippen LogP contribution < -0.4 is 9.47 Å². The molecule has 0 aliphatic rings. The van der Waals surface area contributed by atoms with Crippen LogP contribution in [0, 0.1) is 17.1 Å². The van der Waals surface area contributed by atoms with Crippen LogP contribution in [-0.4, -0.2) is 13.4 Å². The van der Waals surface area contributed by atoms with Crippen molar-refractivity contribution >= 4 is 6.29 Å². The zero-order chi connectivity index (χ0) is 14.5. The van der Waals surface area contributed by atoms with Crippen molar-refractivity contribution in [3.63, 3.8) is 0 Å². The summed E-state index contributed by atoms with van der Waals surface area (Å²) in [6.07, 6.45) is 0.504. The van der Waals surface area contributed by atoms with Crippen molar-refractivity contribution in [2.24, 2.45) is 0 Å². The third-order valence-electron chi connectivity index (χ3n) is 2.59. The topological polar surface area (TPSA) is 59.3 Å². The number of benzene rings is 2. The van der Waals surface area contributed by atoms with E-state index in [1.165, 1.54) is 43.5 Å². The summed E-state index contributed by atoms with van der Waals surface area (Å²) in [5, 5.41) is 8.91. The van der Waals surface area contributed by atoms with Gasteiger partial charge in [-0.3, -0.25) is 4.79 Å². The van der Waals surface area contributed by atoms with E-state index in [0.29, 0.717) is 17.6 Å².